The fourth-order valence-electron chi connectivity index (χ4n) is 1.28. The van der Waals surface area contributed by atoms with Gasteiger partial charge in [-0.3, -0.25) is 0 Å². The summed E-state index contributed by atoms with van der Waals surface area (Å²) in [4.78, 5) is 0. The maximum Gasteiger partial charge on any atom is 0.416 e. The van der Waals surface area contributed by atoms with E-state index in [0.717, 1.165) is 25.0 Å². The maximum atomic E-state index is 12.1. The molecular weight excluding hydrogens is 372 g/mol. The zero-order valence-corrected chi connectivity index (χ0v) is 12.3. The molecule has 1 aliphatic carbocycles. The Morgan fingerprint density at radius 1 is 0.783 bits per heavy atom. The van der Waals surface area contributed by atoms with Gasteiger partial charge in [0.15, 0.2) is 0 Å². The molecule has 0 nitrogen and oxygen atoms in total. The van der Waals surface area contributed by atoms with Crippen LogP contribution in [0.2, 0.25) is 0 Å². The summed E-state index contributed by atoms with van der Waals surface area (Å²) >= 11 is 0. The van der Waals surface area contributed by atoms with Crippen molar-refractivity contribution < 1.29 is 52.5 Å². The number of halogens is 8. The third kappa shape index (κ3) is 8.02. The Kier molecular flexibility index (Phi) is 8.57. The molecule has 132 valence electrons. The van der Waals surface area contributed by atoms with Crippen molar-refractivity contribution in [2.24, 2.45) is 0 Å². The number of hydrogen-bond donors (Lipinski definition) is 0. The van der Waals surface area contributed by atoms with Gasteiger partial charge in [-0.2, -0.15) is 13.2 Å². The molecule has 1 aromatic rings. The van der Waals surface area contributed by atoms with Crippen LogP contribution in [0.3, 0.4) is 0 Å². The molecule has 0 unspecified atom stereocenters. The molecule has 0 saturated heterocycles. The molecule has 0 aliphatic heterocycles. The first-order valence-electron chi connectivity index (χ1n) is 5.65. The molecule has 1 aromatic carbocycles. The predicted molar refractivity (Wildman–Crippen MR) is 62.3 cm³/mol. The van der Waals surface area contributed by atoms with E-state index in [1.165, 1.54) is 0 Å². The van der Waals surface area contributed by atoms with Crippen molar-refractivity contribution >= 4 is 0 Å². The van der Waals surface area contributed by atoms with Gasteiger partial charge in [-0.1, -0.05) is 0 Å². The molecule has 0 atom stereocenters. The smallest absolute Gasteiger partial charge is 0.416 e. The molecule has 1 saturated carbocycles. The van der Waals surface area contributed by atoms with Gasteiger partial charge in [-0.15, -0.1) is 0 Å². The van der Waals surface area contributed by atoms with Crippen molar-refractivity contribution in [2.45, 2.75) is 12.4 Å². The summed E-state index contributed by atoms with van der Waals surface area (Å²) in [6, 6.07) is 2.97. The van der Waals surface area contributed by atoms with Gasteiger partial charge in [-0.25, -0.2) is 17.6 Å². The van der Waals surface area contributed by atoms with Crippen LogP contribution < -0.4 is 0 Å². The van der Waals surface area contributed by atoms with Crippen LogP contribution in [0, 0.1) is 43.6 Å². The van der Waals surface area contributed by atoms with Crippen LogP contribution in [0.25, 0.3) is 0 Å². The van der Waals surface area contributed by atoms with Gasteiger partial charge in [0.1, 0.15) is 5.82 Å². The maximum absolute atomic E-state index is 12.1. The molecule has 0 amide bonds. The van der Waals surface area contributed by atoms with Gasteiger partial charge in [0.05, 0.1) is 5.56 Å². The summed E-state index contributed by atoms with van der Waals surface area (Å²) in [5, 5.41) is 0. The summed E-state index contributed by atoms with van der Waals surface area (Å²) in [5.74, 6) is -1.50. The second-order valence-electron chi connectivity index (χ2n) is 4.01. The Morgan fingerprint density at radius 2 is 1.22 bits per heavy atom. The van der Waals surface area contributed by atoms with E-state index >= 15 is 0 Å². The molecule has 9 heteroatoms. The third-order valence-corrected chi connectivity index (χ3v) is 2.34. The number of alkyl halides is 6. The molecule has 0 spiro atoms. The molecule has 2 rings (SSSR count). The molecule has 23 heavy (non-hydrogen) atoms. The number of rotatable bonds is 0. The summed E-state index contributed by atoms with van der Waals surface area (Å²) in [6.45, 7) is 0. The zero-order chi connectivity index (χ0) is 17.0. The Hall–Kier alpha value is -0.808. The topological polar surface area (TPSA) is 0 Å². The molecule has 0 N–H and O–H groups in total. The fraction of sp³-hybridized carbons (Fsp3) is 0.143. The van der Waals surface area contributed by atoms with Gasteiger partial charge in [0, 0.05) is 17.4 Å². The van der Waals surface area contributed by atoms with Crippen LogP contribution in [0.5, 0.6) is 0 Å². The number of benzene rings is 1. The van der Waals surface area contributed by atoms with Crippen molar-refractivity contribution in [3.8, 4) is 0 Å². The van der Waals surface area contributed by atoms with Crippen LogP contribution in [0.4, 0.5) is 35.1 Å². The largest absolute Gasteiger partial charge is 0.715 e. The normalized spacial score (nSPS) is 17.0. The van der Waals surface area contributed by atoms with E-state index in [2.05, 4.69) is 0 Å². The molecule has 1 aliphatic rings. The Morgan fingerprint density at radius 3 is 1.57 bits per heavy atom. The van der Waals surface area contributed by atoms with Crippen LogP contribution in [-0.4, -0.2) is 6.18 Å². The van der Waals surface area contributed by atoms with E-state index in [9.17, 15) is 35.1 Å². The molecule has 0 bridgehead atoms. The van der Waals surface area contributed by atoms with Crippen molar-refractivity contribution in [2.75, 3.05) is 0 Å². The Bertz CT molecular complexity index is 443. The monoisotopic (exact) mass is 380 g/mol. The SMILES string of the molecule is F[C-]1[CH-][CH-][C-](C(F)(F)F)[CH-][CH-]1.Fc1ccc(C(F)(F)F)cc1.[Cr]. The van der Waals surface area contributed by atoms with E-state index in [4.69, 9.17) is 0 Å². The minimum atomic E-state index is -4.38. The van der Waals surface area contributed by atoms with Crippen molar-refractivity contribution in [1.29, 1.82) is 0 Å². The summed E-state index contributed by atoms with van der Waals surface area (Å²) < 4.78 is 95.0. The van der Waals surface area contributed by atoms with E-state index in [-0.39, 0.29) is 17.4 Å². The second-order valence-corrected chi connectivity index (χ2v) is 4.01. The van der Waals surface area contributed by atoms with Gasteiger partial charge in [0.2, 0.25) is 6.18 Å². The van der Waals surface area contributed by atoms with E-state index in [1.807, 2.05) is 0 Å². The Balaban J connectivity index is 0.000000403. The van der Waals surface area contributed by atoms with Crippen molar-refractivity contribution in [1.82, 2.24) is 0 Å². The summed E-state index contributed by atoms with van der Waals surface area (Å²) in [7, 11) is 0. The molecule has 1 fully saturated rings. The molecule has 0 aromatic heterocycles. The first-order valence-corrected chi connectivity index (χ1v) is 5.65. The van der Waals surface area contributed by atoms with E-state index in [0.29, 0.717) is 25.0 Å². The van der Waals surface area contributed by atoms with E-state index < -0.39 is 35.8 Å². The standard InChI is InChI=1S/2C7H4F4.Cr/c2*8-6-3-1-5(2-4-6)7(9,10)11;/h2*1-4H;/q;-6;. The predicted octanol–water partition coefficient (Wildman–Crippen LogP) is 5.30. The van der Waals surface area contributed by atoms with Crippen molar-refractivity contribution in [3.05, 3.63) is 73.4 Å². The van der Waals surface area contributed by atoms with E-state index in [1.54, 1.807) is 0 Å². The second kappa shape index (κ2) is 8.88. The minimum absolute atomic E-state index is 0. The van der Waals surface area contributed by atoms with Gasteiger partial charge in [-0.05, 0) is 24.3 Å². The van der Waals surface area contributed by atoms with Crippen LogP contribution in [-0.2, 0) is 23.5 Å². The van der Waals surface area contributed by atoms with Gasteiger partial charge < -0.3 is 42.2 Å². The fourth-order valence-corrected chi connectivity index (χ4v) is 1.28. The summed E-state index contributed by atoms with van der Waals surface area (Å²) in [6.07, 6.45) is -6.46. The van der Waals surface area contributed by atoms with Crippen LogP contribution in [0.1, 0.15) is 5.56 Å². The first-order chi connectivity index (χ1) is 10.00. The molecular formula is C14H8CrF8-6. The summed E-state index contributed by atoms with van der Waals surface area (Å²) in [5.41, 5.74) is -0.834. The first kappa shape index (κ1) is 22.2. The Labute approximate surface area is 139 Å². The average Bonchev–Trinajstić information content (AvgIpc) is 2.38. The molecule has 0 heterocycles. The van der Waals surface area contributed by atoms with Gasteiger partial charge in [0.25, 0.3) is 0 Å². The minimum Gasteiger partial charge on any atom is -0.715 e. The van der Waals surface area contributed by atoms with Crippen molar-refractivity contribution in [3.63, 3.8) is 0 Å². The average molecular weight is 380 g/mol. The quantitative estimate of drug-likeness (QED) is 0.424. The van der Waals surface area contributed by atoms with Crippen LogP contribution in [0.15, 0.2) is 24.3 Å². The zero-order valence-electron chi connectivity index (χ0n) is 11.1. The van der Waals surface area contributed by atoms with Gasteiger partial charge >= 0.3 is 6.18 Å². The molecule has 0 radical (unpaired) electrons. The van der Waals surface area contributed by atoms with Crippen LogP contribution >= 0.6 is 0 Å². The third-order valence-electron chi connectivity index (χ3n) is 2.34. The number of hydrogen-bond acceptors (Lipinski definition) is 0.